The van der Waals surface area contributed by atoms with Gasteiger partial charge in [0.05, 0.1) is 13.2 Å². The molecule has 1 amide bonds. The van der Waals surface area contributed by atoms with E-state index in [1.54, 1.807) is 12.1 Å². The molecule has 1 spiro atoms. The molecule has 0 atom stereocenters. The van der Waals surface area contributed by atoms with Crippen LogP contribution in [0.4, 0.5) is 4.39 Å². The molecular weight excluding hydrogens is 335 g/mol. The minimum Gasteiger partial charge on any atom is -0.347 e. The zero-order chi connectivity index (χ0) is 18.1. The van der Waals surface area contributed by atoms with E-state index in [2.05, 4.69) is 0 Å². The van der Waals surface area contributed by atoms with Gasteiger partial charge in [0.2, 0.25) is 0 Å². The Balaban J connectivity index is 1.53. The first-order valence-electron chi connectivity index (χ1n) is 9.13. The van der Waals surface area contributed by atoms with E-state index < -0.39 is 5.79 Å². The van der Waals surface area contributed by atoms with E-state index in [9.17, 15) is 9.18 Å². The smallest absolute Gasteiger partial charge is 0.270 e. The molecule has 3 heterocycles. The van der Waals surface area contributed by atoms with Crippen LogP contribution < -0.4 is 0 Å². The SMILES string of the molecule is CCn1cc(-c2ccc(F)cc2)cc1C(=O)N1CCC2(CC1)OCCO2. The Labute approximate surface area is 152 Å². The third-order valence-corrected chi connectivity index (χ3v) is 5.26. The number of nitrogens with zero attached hydrogens (tertiary/aromatic N) is 2. The fourth-order valence-electron chi connectivity index (χ4n) is 3.75. The first-order valence-corrected chi connectivity index (χ1v) is 9.13. The standard InChI is InChI=1S/C20H23FN2O3/c1-2-22-14-16(15-3-5-17(21)6-4-15)13-18(22)19(24)23-9-7-20(8-10-23)25-11-12-26-20/h3-6,13-14H,2,7-12H2,1H3. The summed E-state index contributed by atoms with van der Waals surface area (Å²) in [5.41, 5.74) is 2.49. The highest BCUT2D eigenvalue weighted by Crippen LogP contribution is 2.32. The second-order valence-electron chi connectivity index (χ2n) is 6.81. The highest BCUT2D eigenvalue weighted by Gasteiger charge is 2.41. The molecule has 138 valence electrons. The summed E-state index contributed by atoms with van der Waals surface area (Å²) in [5, 5.41) is 0. The third-order valence-electron chi connectivity index (χ3n) is 5.26. The van der Waals surface area contributed by atoms with Gasteiger partial charge in [-0.05, 0) is 30.7 Å². The lowest BCUT2D eigenvalue weighted by atomic mass is 10.0. The maximum Gasteiger partial charge on any atom is 0.270 e. The molecule has 0 bridgehead atoms. The molecule has 4 rings (SSSR count). The largest absolute Gasteiger partial charge is 0.347 e. The van der Waals surface area contributed by atoms with E-state index in [0.29, 0.717) is 51.4 Å². The van der Waals surface area contributed by atoms with Crippen LogP contribution >= 0.6 is 0 Å². The van der Waals surface area contributed by atoms with Gasteiger partial charge in [0.15, 0.2) is 5.79 Å². The average molecular weight is 358 g/mol. The van der Waals surface area contributed by atoms with Crippen LogP contribution in [-0.4, -0.2) is 47.5 Å². The molecule has 0 unspecified atom stereocenters. The van der Waals surface area contributed by atoms with Crippen molar-refractivity contribution in [1.29, 1.82) is 0 Å². The van der Waals surface area contributed by atoms with Crippen LogP contribution in [0, 0.1) is 5.82 Å². The van der Waals surface area contributed by atoms with Gasteiger partial charge < -0.3 is 18.9 Å². The Morgan fingerprint density at radius 1 is 1.12 bits per heavy atom. The van der Waals surface area contributed by atoms with Gasteiger partial charge in [0.1, 0.15) is 11.5 Å². The lowest BCUT2D eigenvalue weighted by Gasteiger charge is -2.37. The van der Waals surface area contributed by atoms with Gasteiger partial charge in [0, 0.05) is 44.2 Å². The number of aromatic nitrogens is 1. The second-order valence-corrected chi connectivity index (χ2v) is 6.81. The summed E-state index contributed by atoms with van der Waals surface area (Å²) in [4.78, 5) is 14.9. The Morgan fingerprint density at radius 2 is 1.77 bits per heavy atom. The molecule has 2 aliphatic rings. The van der Waals surface area contributed by atoms with Crippen molar-refractivity contribution in [1.82, 2.24) is 9.47 Å². The minimum atomic E-state index is -0.483. The summed E-state index contributed by atoms with van der Waals surface area (Å²) in [7, 11) is 0. The summed E-state index contributed by atoms with van der Waals surface area (Å²) in [6, 6.07) is 8.24. The molecular formula is C20H23FN2O3. The predicted molar refractivity (Wildman–Crippen MR) is 95.3 cm³/mol. The molecule has 2 fully saturated rings. The van der Waals surface area contributed by atoms with E-state index in [1.165, 1.54) is 12.1 Å². The Kier molecular flexibility index (Phi) is 4.54. The topological polar surface area (TPSA) is 43.7 Å². The molecule has 5 nitrogen and oxygen atoms in total. The summed E-state index contributed by atoms with van der Waals surface area (Å²) >= 11 is 0. The Morgan fingerprint density at radius 3 is 2.38 bits per heavy atom. The van der Waals surface area contributed by atoms with Crippen molar-refractivity contribution < 1.29 is 18.7 Å². The number of ether oxygens (including phenoxy) is 2. The van der Waals surface area contributed by atoms with Crippen LogP contribution in [-0.2, 0) is 16.0 Å². The number of aryl methyl sites for hydroxylation is 1. The van der Waals surface area contributed by atoms with Crippen LogP contribution in [0.1, 0.15) is 30.3 Å². The molecule has 2 saturated heterocycles. The van der Waals surface area contributed by atoms with Gasteiger partial charge >= 0.3 is 0 Å². The van der Waals surface area contributed by atoms with Crippen molar-refractivity contribution in [3.63, 3.8) is 0 Å². The average Bonchev–Trinajstić information content (AvgIpc) is 3.30. The van der Waals surface area contributed by atoms with Crippen LogP contribution in [0.15, 0.2) is 36.5 Å². The van der Waals surface area contributed by atoms with Crippen LogP contribution in [0.25, 0.3) is 11.1 Å². The lowest BCUT2D eigenvalue weighted by molar-refractivity contribution is -0.181. The number of piperidine rings is 1. The van der Waals surface area contributed by atoms with Crippen LogP contribution in [0.5, 0.6) is 0 Å². The molecule has 26 heavy (non-hydrogen) atoms. The number of rotatable bonds is 3. The maximum absolute atomic E-state index is 13.2. The molecule has 1 aromatic heterocycles. The molecule has 0 radical (unpaired) electrons. The van der Waals surface area contributed by atoms with E-state index in [0.717, 1.165) is 11.1 Å². The van der Waals surface area contributed by atoms with E-state index >= 15 is 0 Å². The van der Waals surface area contributed by atoms with E-state index in [1.807, 2.05) is 28.7 Å². The molecule has 2 aliphatic heterocycles. The quantitative estimate of drug-likeness (QED) is 0.846. The number of likely N-dealkylation sites (tertiary alicyclic amines) is 1. The van der Waals surface area contributed by atoms with Crippen molar-refractivity contribution in [2.75, 3.05) is 26.3 Å². The van der Waals surface area contributed by atoms with Gasteiger partial charge in [-0.25, -0.2) is 4.39 Å². The predicted octanol–water partition coefficient (Wildman–Crippen LogP) is 3.29. The third kappa shape index (κ3) is 3.15. The maximum atomic E-state index is 13.2. The number of benzene rings is 1. The van der Waals surface area contributed by atoms with Gasteiger partial charge in [-0.15, -0.1) is 0 Å². The molecule has 2 aromatic rings. The van der Waals surface area contributed by atoms with Crippen LogP contribution in [0.2, 0.25) is 0 Å². The summed E-state index contributed by atoms with van der Waals surface area (Å²) in [6.45, 7) is 5.23. The van der Waals surface area contributed by atoms with Crippen molar-refractivity contribution >= 4 is 5.91 Å². The number of carbonyl (C=O) groups excluding carboxylic acids is 1. The zero-order valence-corrected chi connectivity index (χ0v) is 14.9. The van der Waals surface area contributed by atoms with E-state index in [4.69, 9.17) is 9.47 Å². The number of amides is 1. The van der Waals surface area contributed by atoms with Gasteiger partial charge in [-0.1, -0.05) is 12.1 Å². The zero-order valence-electron chi connectivity index (χ0n) is 14.9. The van der Waals surface area contributed by atoms with Gasteiger partial charge in [-0.3, -0.25) is 4.79 Å². The van der Waals surface area contributed by atoms with Gasteiger partial charge in [-0.2, -0.15) is 0 Å². The first-order chi connectivity index (χ1) is 12.6. The number of halogens is 1. The summed E-state index contributed by atoms with van der Waals surface area (Å²) in [5.74, 6) is -0.727. The van der Waals surface area contributed by atoms with Gasteiger partial charge in [0.25, 0.3) is 5.91 Å². The van der Waals surface area contributed by atoms with Crippen molar-refractivity contribution in [3.05, 3.63) is 48.0 Å². The number of hydrogen-bond acceptors (Lipinski definition) is 3. The Hall–Kier alpha value is -2.18. The molecule has 1 aromatic carbocycles. The van der Waals surface area contributed by atoms with Crippen molar-refractivity contribution in [2.45, 2.75) is 32.1 Å². The first kappa shape index (κ1) is 17.2. The molecule has 6 heteroatoms. The number of hydrogen-bond donors (Lipinski definition) is 0. The molecule has 0 N–H and O–H groups in total. The lowest BCUT2D eigenvalue weighted by Crippen LogP contribution is -2.47. The van der Waals surface area contributed by atoms with Crippen LogP contribution in [0.3, 0.4) is 0 Å². The minimum absolute atomic E-state index is 0.0214. The van der Waals surface area contributed by atoms with Crippen molar-refractivity contribution in [2.24, 2.45) is 0 Å². The summed E-state index contributed by atoms with van der Waals surface area (Å²) < 4.78 is 26.6. The number of carbonyl (C=O) groups is 1. The molecule has 0 aliphatic carbocycles. The fraction of sp³-hybridized carbons (Fsp3) is 0.450. The highest BCUT2D eigenvalue weighted by atomic mass is 19.1. The normalized spacial score (nSPS) is 19.2. The summed E-state index contributed by atoms with van der Waals surface area (Å²) in [6.07, 6.45) is 3.36. The fourth-order valence-corrected chi connectivity index (χ4v) is 3.75. The van der Waals surface area contributed by atoms with E-state index in [-0.39, 0.29) is 11.7 Å². The highest BCUT2D eigenvalue weighted by molar-refractivity contribution is 5.94. The Bertz CT molecular complexity index is 784. The van der Waals surface area contributed by atoms with Crippen molar-refractivity contribution in [3.8, 4) is 11.1 Å². The second kappa shape index (κ2) is 6.85. The monoisotopic (exact) mass is 358 g/mol. The molecule has 0 saturated carbocycles.